The van der Waals surface area contributed by atoms with E-state index in [0.717, 1.165) is 12.8 Å². The van der Waals surface area contributed by atoms with Gasteiger partial charge in [-0.2, -0.15) is 0 Å². The molecule has 11 heavy (non-hydrogen) atoms. The molecule has 2 nitrogen and oxygen atoms in total. The van der Waals surface area contributed by atoms with E-state index in [1.165, 1.54) is 5.01 Å². The van der Waals surface area contributed by atoms with E-state index in [0.29, 0.717) is 0 Å². The van der Waals surface area contributed by atoms with Gasteiger partial charge in [0.25, 0.3) is 0 Å². The van der Waals surface area contributed by atoms with Crippen molar-refractivity contribution in [2.45, 2.75) is 32.2 Å². The summed E-state index contributed by atoms with van der Waals surface area (Å²) in [6.45, 7) is 4.08. The number of nitrogens with zero attached hydrogens (tertiary/aromatic N) is 1. The van der Waals surface area contributed by atoms with Crippen LogP contribution >= 0.6 is 11.3 Å². The molecule has 0 saturated carbocycles. The van der Waals surface area contributed by atoms with Crippen LogP contribution in [0.25, 0.3) is 0 Å². The molecule has 0 spiro atoms. The summed E-state index contributed by atoms with van der Waals surface area (Å²) in [5.74, 6) is 0. The lowest BCUT2D eigenvalue weighted by Crippen LogP contribution is -2.32. The molecule has 3 heteroatoms. The molecular weight excluding hydrogens is 156 g/mol. The highest BCUT2D eigenvalue weighted by molar-refractivity contribution is 7.09. The molecule has 0 atom stereocenters. The Morgan fingerprint density at radius 1 is 1.64 bits per heavy atom. The topological polar surface area (TPSA) is 38.9 Å². The standard InChI is InChI=1S/C8H14N2S/c1-8(2,9)4-3-7-10-5-6-11-7/h5-6H,3-4,9H2,1-2H3. The van der Waals surface area contributed by atoms with Crippen molar-refractivity contribution in [3.63, 3.8) is 0 Å². The number of rotatable bonds is 3. The van der Waals surface area contributed by atoms with Crippen LogP contribution in [0.1, 0.15) is 25.3 Å². The molecule has 62 valence electrons. The molecule has 0 aliphatic heterocycles. The smallest absolute Gasteiger partial charge is 0.0925 e. The Bertz CT molecular complexity index is 198. The Morgan fingerprint density at radius 2 is 2.36 bits per heavy atom. The van der Waals surface area contributed by atoms with Gasteiger partial charge in [-0.15, -0.1) is 11.3 Å². The minimum Gasteiger partial charge on any atom is -0.326 e. The fourth-order valence-electron chi connectivity index (χ4n) is 0.806. The van der Waals surface area contributed by atoms with Crippen molar-refractivity contribution in [2.75, 3.05) is 0 Å². The van der Waals surface area contributed by atoms with E-state index in [2.05, 4.69) is 4.98 Å². The van der Waals surface area contributed by atoms with Gasteiger partial charge in [-0.3, -0.25) is 0 Å². The van der Waals surface area contributed by atoms with Gasteiger partial charge in [-0.1, -0.05) is 0 Å². The van der Waals surface area contributed by atoms with Crippen LogP contribution in [0.15, 0.2) is 11.6 Å². The lowest BCUT2D eigenvalue weighted by molar-refractivity contribution is 0.476. The van der Waals surface area contributed by atoms with Crippen LogP contribution in [0.4, 0.5) is 0 Å². The number of aryl methyl sites for hydroxylation is 1. The Labute approximate surface area is 71.5 Å². The van der Waals surface area contributed by atoms with Gasteiger partial charge in [-0.05, 0) is 20.3 Å². The highest BCUT2D eigenvalue weighted by Crippen LogP contribution is 2.12. The maximum Gasteiger partial charge on any atom is 0.0925 e. The van der Waals surface area contributed by atoms with Crippen molar-refractivity contribution < 1.29 is 0 Å². The Morgan fingerprint density at radius 3 is 2.82 bits per heavy atom. The summed E-state index contributed by atoms with van der Waals surface area (Å²) >= 11 is 1.70. The first kappa shape index (κ1) is 8.68. The quantitative estimate of drug-likeness (QED) is 0.751. The average Bonchev–Trinajstić information content (AvgIpc) is 2.32. The van der Waals surface area contributed by atoms with Crippen molar-refractivity contribution >= 4 is 11.3 Å². The van der Waals surface area contributed by atoms with Gasteiger partial charge in [0, 0.05) is 23.5 Å². The van der Waals surface area contributed by atoms with Crippen molar-refractivity contribution in [1.29, 1.82) is 0 Å². The number of aromatic nitrogens is 1. The molecule has 1 rings (SSSR count). The Kier molecular flexibility index (Phi) is 2.62. The Hall–Kier alpha value is -0.410. The molecule has 1 aromatic rings. The number of nitrogens with two attached hydrogens (primary N) is 1. The molecule has 1 heterocycles. The first-order chi connectivity index (χ1) is 5.08. The zero-order chi connectivity index (χ0) is 8.32. The van der Waals surface area contributed by atoms with Gasteiger partial charge < -0.3 is 5.73 Å². The lowest BCUT2D eigenvalue weighted by atomic mass is 10.0. The second kappa shape index (κ2) is 3.32. The first-order valence-corrected chi connectivity index (χ1v) is 4.63. The summed E-state index contributed by atoms with van der Waals surface area (Å²) in [4.78, 5) is 4.18. The number of hydrogen-bond acceptors (Lipinski definition) is 3. The summed E-state index contributed by atoms with van der Waals surface area (Å²) in [7, 11) is 0. The summed E-state index contributed by atoms with van der Waals surface area (Å²) < 4.78 is 0. The molecule has 0 fully saturated rings. The predicted molar refractivity (Wildman–Crippen MR) is 48.7 cm³/mol. The SMILES string of the molecule is CC(C)(N)CCc1nccs1. The maximum atomic E-state index is 5.83. The molecule has 1 aromatic heterocycles. The molecule has 0 unspecified atom stereocenters. The van der Waals surface area contributed by atoms with Crippen LogP contribution in [-0.2, 0) is 6.42 Å². The van der Waals surface area contributed by atoms with Crippen molar-refractivity contribution in [3.05, 3.63) is 16.6 Å². The molecule has 0 aromatic carbocycles. The molecule has 0 aliphatic rings. The molecule has 0 bridgehead atoms. The summed E-state index contributed by atoms with van der Waals surface area (Å²) in [6, 6.07) is 0. The van der Waals surface area contributed by atoms with Crippen molar-refractivity contribution in [2.24, 2.45) is 5.73 Å². The van der Waals surface area contributed by atoms with Gasteiger partial charge in [-0.25, -0.2) is 4.98 Å². The van der Waals surface area contributed by atoms with E-state index in [4.69, 9.17) is 5.73 Å². The van der Waals surface area contributed by atoms with Crippen LogP contribution in [-0.4, -0.2) is 10.5 Å². The van der Waals surface area contributed by atoms with Crippen LogP contribution in [0, 0.1) is 0 Å². The molecule has 0 amide bonds. The van der Waals surface area contributed by atoms with E-state index in [-0.39, 0.29) is 5.54 Å². The fourth-order valence-corrected chi connectivity index (χ4v) is 1.43. The third kappa shape index (κ3) is 3.49. The second-order valence-corrected chi connectivity index (χ2v) is 4.39. The maximum absolute atomic E-state index is 5.83. The summed E-state index contributed by atoms with van der Waals surface area (Å²) in [6.07, 6.45) is 3.84. The summed E-state index contributed by atoms with van der Waals surface area (Å²) in [5.41, 5.74) is 5.77. The van der Waals surface area contributed by atoms with Gasteiger partial charge in [0.2, 0.25) is 0 Å². The van der Waals surface area contributed by atoms with E-state index in [1.807, 2.05) is 25.4 Å². The number of hydrogen-bond donors (Lipinski definition) is 1. The van der Waals surface area contributed by atoms with Crippen molar-refractivity contribution in [1.82, 2.24) is 4.98 Å². The van der Waals surface area contributed by atoms with Gasteiger partial charge in [0.15, 0.2) is 0 Å². The average molecular weight is 170 g/mol. The number of thiazole rings is 1. The van der Waals surface area contributed by atoms with Crippen LogP contribution in [0.3, 0.4) is 0 Å². The molecular formula is C8H14N2S. The van der Waals surface area contributed by atoms with Crippen LogP contribution in [0.2, 0.25) is 0 Å². The largest absolute Gasteiger partial charge is 0.326 e. The van der Waals surface area contributed by atoms with E-state index >= 15 is 0 Å². The Balaban J connectivity index is 2.35. The third-order valence-corrected chi connectivity index (χ3v) is 2.31. The van der Waals surface area contributed by atoms with E-state index in [1.54, 1.807) is 11.3 Å². The third-order valence-electron chi connectivity index (χ3n) is 1.47. The van der Waals surface area contributed by atoms with Crippen LogP contribution in [0.5, 0.6) is 0 Å². The molecule has 0 radical (unpaired) electrons. The molecule has 2 N–H and O–H groups in total. The zero-order valence-corrected chi connectivity index (χ0v) is 7.82. The van der Waals surface area contributed by atoms with Crippen molar-refractivity contribution in [3.8, 4) is 0 Å². The zero-order valence-electron chi connectivity index (χ0n) is 7.00. The van der Waals surface area contributed by atoms with Crippen LogP contribution < -0.4 is 5.73 Å². The highest BCUT2D eigenvalue weighted by atomic mass is 32.1. The van der Waals surface area contributed by atoms with Gasteiger partial charge in [0.1, 0.15) is 0 Å². The van der Waals surface area contributed by atoms with E-state index in [9.17, 15) is 0 Å². The minimum absolute atomic E-state index is 0.0638. The van der Waals surface area contributed by atoms with Gasteiger partial charge in [0.05, 0.1) is 5.01 Å². The minimum atomic E-state index is -0.0638. The van der Waals surface area contributed by atoms with E-state index < -0.39 is 0 Å². The first-order valence-electron chi connectivity index (χ1n) is 3.75. The summed E-state index contributed by atoms with van der Waals surface area (Å²) in [5, 5.41) is 3.18. The van der Waals surface area contributed by atoms with Gasteiger partial charge >= 0.3 is 0 Å². The predicted octanol–water partition coefficient (Wildman–Crippen LogP) is 1.81. The molecule has 0 aliphatic carbocycles. The molecule has 0 saturated heterocycles. The fraction of sp³-hybridized carbons (Fsp3) is 0.625. The highest BCUT2D eigenvalue weighted by Gasteiger charge is 2.10. The normalized spacial score (nSPS) is 11.9. The lowest BCUT2D eigenvalue weighted by Gasteiger charge is -2.16. The monoisotopic (exact) mass is 170 g/mol. The second-order valence-electron chi connectivity index (χ2n) is 3.41.